The van der Waals surface area contributed by atoms with Crippen LogP contribution in [0.3, 0.4) is 0 Å². The molecule has 8 nitrogen and oxygen atoms in total. The number of ether oxygens (including phenoxy) is 1. The van der Waals surface area contributed by atoms with E-state index in [2.05, 4.69) is 21.9 Å². The maximum atomic E-state index is 12.3. The van der Waals surface area contributed by atoms with Crippen molar-refractivity contribution >= 4 is 21.7 Å². The smallest absolute Gasteiger partial charge is 0.240 e. The maximum absolute atomic E-state index is 12.3. The largest absolute Gasteiger partial charge is 0.477 e. The molecule has 9 heteroatoms. The van der Waals surface area contributed by atoms with Crippen molar-refractivity contribution in [2.24, 2.45) is 0 Å². The van der Waals surface area contributed by atoms with E-state index in [1.54, 1.807) is 12.3 Å². The molecule has 0 fully saturated rings. The van der Waals surface area contributed by atoms with E-state index < -0.39 is 10.0 Å². The van der Waals surface area contributed by atoms with Crippen LogP contribution in [-0.2, 0) is 21.4 Å². The lowest BCUT2D eigenvalue weighted by Gasteiger charge is -2.11. The van der Waals surface area contributed by atoms with Crippen molar-refractivity contribution in [1.29, 1.82) is 0 Å². The van der Waals surface area contributed by atoms with E-state index in [9.17, 15) is 18.0 Å². The molecule has 0 bridgehead atoms. The second-order valence-electron chi connectivity index (χ2n) is 6.67. The van der Waals surface area contributed by atoms with Crippen molar-refractivity contribution in [3.63, 3.8) is 0 Å². The van der Waals surface area contributed by atoms with E-state index in [1.807, 2.05) is 6.07 Å². The highest BCUT2D eigenvalue weighted by Crippen LogP contribution is 2.14. The van der Waals surface area contributed by atoms with Gasteiger partial charge in [-0.3, -0.25) is 9.59 Å². The molecule has 0 saturated heterocycles. The first-order valence-corrected chi connectivity index (χ1v) is 11.3. The molecular weight excluding hydrogens is 406 g/mol. The molecule has 0 radical (unpaired) electrons. The summed E-state index contributed by atoms with van der Waals surface area (Å²) in [5.74, 6) is 0.0464. The number of ketones is 1. The predicted molar refractivity (Wildman–Crippen MR) is 113 cm³/mol. The van der Waals surface area contributed by atoms with Gasteiger partial charge in [0.25, 0.3) is 0 Å². The van der Waals surface area contributed by atoms with Crippen molar-refractivity contribution < 1.29 is 22.7 Å². The third-order valence-electron chi connectivity index (χ3n) is 4.28. The molecule has 2 rings (SSSR count). The van der Waals surface area contributed by atoms with Crippen LogP contribution in [0.2, 0.25) is 0 Å². The molecule has 0 saturated carbocycles. The van der Waals surface area contributed by atoms with Crippen LogP contribution in [0.1, 0.15) is 49.0 Å². The number of sulfonamides is 1. The van der Waals surface area contributed by atoms with Gasteiger partial charge in [-0.1, -0.05) is 31.5 Å². The van der Waals surface area contributed by atoms with Crippen LogP contribution in [0, 0.1) is 0 Å². The molecule has 0 atom stereocenters. The standard InChI is InChI=1S/C21H27N3O5S/c1-3-4-14-29-21-18(6-5-12-22-21)15-23-20(26)11-13-24-30(27,28)19-9-7-17(8-10-19)16(2)25/h5-10,12,24H,3-4,11,13-15H2,1-2H3,(H,23,26). The number of rotatable bonds is 12. The van der Waals surface area contributed by atoms with Crippen LogP contribution >= 0.6 is 0 Å². The van der Waals surface area contributed by atoms with Gasteiger partial charge < -0.3 is 10.1 Å². The van der Waals surface area contributed by atoms with Gasteiger partial charge in [0.2, 0.25) is 21.8 Å². The van der Waals surface area contributed by atoms with E-state index in [0.29, 0.717) is 18.1 Å². The summed E-state index contributed by atoms with van der Waals surface area (Å²) in [7, 11) is -3.76. The molecule has 1 amide bonds. The summed E-state index contributed by atoms with van der Waals surface area (Å²) in [6.45, 7) is 4.23. The quantitative estimate of drug-likeness (QED) is 0.393. The summed E-state index contributed by atoms with van der Waals surface area (Å²) < 4.78 is 32.6. The van der Waals surface area contributed by atoms with Crippen LogP contribution in [0.15, 0.2) is 47.5 Å². The molecule has 162 valence electrons. The Morgan fingerprint density at radius 3 is 2.53 bits per heavy atom. The number of carbonyl (C=O) groups is 2. The summed E-state index contributed by atoms with van der Waals surface area (Å²) in [4.78, 5) is 27.6. The van der Waals surface area contributed by atoms with E-state index in [-0.39, 0.29) is 36.1 Å². The van der Waals surface area contributed by atoms with Gasteiger partial charge in [-0.05, 0) is 31.5 Å². The Kier molecular flexibility index (Phi) is 8.94. The van der Waals surface area contributed by atoms with Crippen molar-refractivity contribution in [3.05, 3.63) is 53.7 Å². The Hall–Kier alpha value is -2.78. The molecular formula is C21H27N3O5S. The van der Waals surface area contributed by atoms with Crippen LogP contribution in [0.5, 0.6) is 5.88 Å². The normalized spacial score (nSPS) is 11.1. The number of aromatic nitrogens is 1. The summed E-state index contributed by atoms with van der Waals surface area (Å²) in [6.07, 6.45) is 3.54. The Labute approximate surface area is 177 Å². The molecule has 0 aliphatic carbocycles. The fourth-order valence-electron chi connectivity index (χ4n) is 2.54. The minimum absolute atomic E-state index is 0.0168. The number of nitrogens with zero attached hydrogens (tertiary/aromatic N) is 1. The average Bonchev–Trinajstić information content (AvgIpc) is 2.73. The average molecular weight is 434 g/mol. The first kappa shape index (κ1) is 23.5. The first-order valence-electron chi connectivity index (χ1n) is 9.77. The second-order valence-corrected chi connectivity index (χ2v) is 8.44. The molecule has 1 heterocycles. The molecule has 0 aliphatic rings. The van der Waals surface area contributed by atoms with E-state index in [0.717, 1.165) is 18.4 Å². The minimum atomic E-state index is -3.76. The number of benzene rings is 1. The number of carbonyl (C=O) groups excluding carboxylic acids is 2. The number of hydrogen-bond donors (Lipinski definition) is 2. The second kappa shape index (κ2) is 11.4. The van der Waals surface area contributed by atoms with Gasteiger partial charge in [0, 0.05) is 36.8 Å². The van der Waals surface area contributed by atoms with Gasteiger partial charge in [-0.25, -0.2) is 18.1 Å². The highest BCUT2D eigenvalue weighted by atomic mass is 32.2. The number of pyridine rings is 1. The van der Waals surface area contributed by atoms with E-state index >= 15 is 0 Å². The van der Waals surface area contributed by atoms with Crippen LogP contribution in [-0.4, -0.2) is 38.2 Å². The Morgan fingerprint density at radius 1 is 1.13 bits per heavy atom. The zero-order valence-corrected chi connectivity index (χ0v) is 18.0. The molecule has 0 unspecified atom stereocenters. The van der Waals surface area contributed by atoms with Gasteiger partial charge in [0.15, 0.2) is 5.78 Å². The summed E-state index contributed by atoms with van der Waals surface area (Å²) >= 11 is 0. The van der Waals surface area contributed by atoms with Crippen LogP contribution in [0.4, 0.5) is 0 Å². The van der Waals surface area contributed by atoms with Crippen LogP contribution in [0.25, 0.3) is 0 Å². The Bertz CT molecular complexity index is 959. The molecule has 1 aromatic heterocycles. The van der Waals surface area contributed by atoms with Gasteiger partial charge in [0.1, 0.15) is 0 Å². The van der Waals surface area contributed by atoms with E-state index in [1.165, 1.54) is 31.2 Å². The lowest BCUT2D eigenvalue weighted by molar-refractivity contribution is -0.121. The highest BCUT2D eigenvalue weighted by Gasteiger charge is 2.15. The summed E-state index contributed by atoms with van der Waals surface area (Å²) in [5, 5.41) is 2.74. The van der Waals surface area contributed by atoms with Crippen molar-refractivity contribution in [2.45, 2.75) is 44.6 Å². The van der Waals surface area contributed by atoms with Gasteiger partial charge in [-0.2, -0.15) is 0 Å². The number of hydrogen-bond acceptors (Lipinski definition) is 6. The van der Waals surface area contributed by atoms with Gasteiger partial charge in [0.05, 0.1) is 11.5 Å². The lowest BCUT2D eigenvalue weighted by Crippen LogP contribution is -2.30. The van der Waals surface area contributed by atoms with E-state index in [4.69, 9.17) is 4.74 Å². The number of unbranched alkanes of at least 4 members (excludes halogenated alkanes) is 1. The Morgan fingerprint density at radius 2 is 1.87 bits per heavy atom. The number of nitrogens with one attached hydrogen (secondary N) is 2. The van der Waals surface area contributed by atoms with Crippen molar-refractivity contribution in [2.75, 3.05) is 13.2 Å². The fourth-order valence-corrected chi connectivity index (χ4v) is 3.57. The van der Waals surface area contributed by atoms with Gasteiger partial charge in [-0.15, -0.1) is 0 Å². The zero-order valence-electron chi connectivity index (χ0n) is 17.2. The van der Waals surface area contributed by atoms with Crippen LogP contribution < -0.4 is 14.8 Å². The molecule has 2 N–H and O–H groups in total. The minimum Gasteiger partial charge on any atom is -0.477 e. The lowest BCUT2D eigenvalue weighted by atomic mass is 10.2. The Balaban J connectivity index is 1.82. The highest BCUT2D eigenvalue weighted by molar-refractivity contribution is 7.89. The first-order chi connectivity index (χ1) is 14.3. The maximum Gasteiger partial charge on any atom is 0.240 e. The third-order valence-corrected chi connectivity index (χ3v) is 5.75. The fraction of sp³-hybridized carbons (Fsp3) is 0.381. The topological polar surface area (TPSA) is 114 Å². The third kappa shape index (κ3) is 7.23. The number of amides is 1. The molecule has 30 heavy (non-hydrogen) atoms. The summed E-state index contributed by atoms with van der Waals surface area (Å²) in [5.41, 5.74) is 1.19. The number of Topliss-reactive ketones (excluding diaryl/α,β-unsaturated/α-hetero) is 1. The SMILES string of the molecule is CCCCOc1ncccc1CNC(=O)CCNS(=O)(=O)c1ccc(C(C)=O)cc1. The van der Waals surface area contributed by atoms with Crippen molar-refractivity contribution in [3.8, 4) is 5.88 Å². The molecule has 0 spiro atoms. The molecule has 2 aromatic rings. The predicted octanol–water partition coefficient (Wildman–Crippen LogP) is 2.45. The zero-order chi connectivity index (χ0) is 22.0. The monoisotopic (exact) mass is 433 g/mol. The molecule has 0 aliphatic heterocycles. The van der Waals surface area contributed by atoms with Crippen molar-refractivity contribution in [1.82, 2.24) is 15.0 Å². The molecule has 1 aromatic carbocycles. The summed E-state index contributed by atoms with van der Waals surface area (Å²) in [6, 6.07) is 9.22. The van der Waals surface area contributed by atoms with Gasteiger partial charge >= 0.3 is 0 Å².